The molecule has 0 amide bonds. The first kappa shape index (κ1) is 15.5. The SMILES string of the molecule is C[C@@H]1CCC[NH+](Cc2nc3sc(-c4ccccc4)cc3c(=O)[nH]2)C1. The number of aromatic amines is 1. The van der Waals surface area contributed by atoms with Crippen molar-refractivity contribution in [2.45, 2.75) is 26.3 Å². The third-order valence-corrected chi connectivity index (χ3v) is 5.87. The minimum Gasteiger partial charge on any atom is -0.328 e. The van der Waals surface area contributed by atoms with E-state index in [-0.39, 0.29) is 5.56 Å². The van der Waals surface area contributed by atoms with Crippen molar-refractivity contribution >= 4 is 21.6 Å². The van der Waals surface area contributed by atoms with Crippen molar-refractivity contribution in [3.8, 4) is 10.4 Å². The topological polar surface area (TPSA) is 50.2 Å². The van der Waals surface area contributed by atoms with Gasteiger partial charge in [-0.15, -0.1) is 11.3 Å². The minimum atomic E-state index is -0.0158. The highest BCUT2D eigenvalue weighted by Crippen LogP contribution is 2.30. The van der Waals surface area contributed by atoms with Crippen LogP contribution in [0.4, 0.5) is 0 Å². The lowest BCUT2D eigenvalue weighted by molar-refractivity contribution is -0.922. The average molecular weight is 340 g/mol. The average Bonchev–Trinajstić information content (AvgIpc) is 3.00. The van der Waals surface area contributed by atoms with Gasteiger partial charge in [-0.3, -0.25) is 4.79 Å². The van der Waals surface area contributed by atoms with Crippen LogP contribution in [0, 0.1) is 5.92 Å². The molecule has 3 heterocycles. The molecule has 0 saturated carbocycles. The molecule has 0 aliphatic carbocycles. The van der Waals surface area contributed by atoms with Crippen molar-refractivity contribution in [3.05, 3.63) is 52.6 Å². The summed E-state index contributed by atoms with van der Waals surface area (Å²) >= 11 is 1.60. The minimum absolute atomic E-state index is 0.0158. The Kier molecular flexibility index (Phi) is 4.21. The van der Waals surface area contributed by atoms with Crippen molar-refractivity contribution in [2.24, 2.45) is 5.92 Å². The molecule has 124 valence electrons. The Morgan fingerprint density at radius 3 is 2.96 bits per heavy atom. The number of H-pyrrole nitrogens is 1. The number of quaternary nitrogens is 1. The number of hydrogen-bond donors (Lipinski definition) is 2. The number of thiophene rings is 1. The van der Waals surface area contributed by atoms with Crippen LogP contribution in [0.1, 0.15) is 25.6 Å². The Bertz CT molecular complexity index is 900. The van der Waals surface area contributed by atoms with Crippen LogP contribution in [0.15, 0.2) is 41.2 Å². The van der Waals surface area contributed by atoms with E-state index in [0.717, 1.165) is 33.6 Å². The molecule has 4 nitrogen and oxygen atoms in total. The molecule has 0 bridgehead atoms. The van der Waals surface area contributed by atoms with Gasteiger partial charge in [-0.2, -0.15) is 0 Å². The van der Waals surface area contributed by atoms with Crippen molar-refractivity contribution in [1.29, 1.82) is 0 Å². The summed E-state index contributed by atoms with van der Waals surface area (Å²) in [7, 11) is 0. The number of piperidine rings is 1. The quantitative estimate of drug-likeness (QED) is 0.769. The predicted octanol–water partition coefficient (Wildman–Crippen LogP) is 2.47. The lowest BCUT2D eigenvalue weighted by atomic mass is 10.0. The van der Waals surface area contributed by atoms with Crippen LogP contribution in [-0.4, -0.2) is 23.1 Å². The summed E-state index contributed by atoms with van der Waals surface area (Å²) in [6.45, 7) is 5.46. The van der Waals surface area contributed by atoms with E-state index >= 15 is 0 Å². The van der Waals surface area contributed by atoms with Crippen molar-refractivity contribution in [1.82, 2.24) is 9.97 Å². The molecule has 1 saturated heterocycles. The molecule has 2 N–H and O–H groups in total. The Labute approximate surface area is 145 Å². The number of nitrogens with one attached hydrogen (secondary N) is 2. The van der Waals surface area contributed by atoms with Crippen LogP contribution in [0.5, 0.6) is 0 Å². The zero-order valence-corrected chi connectivity index (χ0v) is 14.7. The molecule has 0 radical (unpaired) electrons. The number of hydrogen-bond acceptors (Lipinski definition) is 3. The maximum atomic E-state index is 12.5. The second-order valence-electron chi connectivity index (χ2n) is 6.84. The van der Waals surface area contributed by atoms with E-state index in [0.29, 0.717) is 5.39 Å². The molecule has 2 aromatic heterocycles. The largest absolute Gasteiger partial charge is 0.328 e. The first-order valence-electron chi connectivity index (χ1n) is 8.61. The first-order chi connectivity index (χ1) is 11.7. The standard InChI is InChI=1S/C19H21N3OS/c1-13-6-5-9-22(11-13)12-17-20-18(23)15-10-16(24-19(15)21-17)14-7-3-2-4-8-14/h2-4,7-8,10,13H,5-6,9,11-12H2,1H3,(H,20,21,23)/p+1/t13-/m1/s1. The Morgan fingerprint density at radius 1 is 1.33 bits per heavy atom. The van der Waals surface area contributed by atoms with Gasteiger partial charge in [0.25, 0.3) is 5.56 Å². The fourth-order valence-electron chi connectivity index (χ4n) is 3.60. The van der Waals surface area contributed by atoms with Crippen LogP contribution < -0.4 is 10.5 Å². The molecule has 24 heavy (non-hydrogen) atoms. The number of rotatable bonds is 3. The highest BCUT2D eigenvalue weighted by Gasteiger charge is 2.21. The summed E-state index contributed by atoms with van der Waals surface area (Å²) in [5.74, 6) is 1.58. The number of aromatic nitrogens is 2. The van der Waals surface area contributed by atoms with E-state index in [2.05, 4.69) is 24.0 Å². The van der Waals surface area contributed by atoms with E-state index in [4.69, 9.17) is 4.98 Å². The van der Waals surface area contributed by atoms with E-state index in [1.807, 2.05) is 24.3 Å². The fraction of sp³-hybridized carbons (Fsp3) is 0.368. The Balaban J connectivity index is 1.65. The molecule has 1 fully saturated rings. The third kappa shape index (κ3) is 3.14. The summed E-state index contributed by atoms with van der Waals surface area (Å²) in [6, 6.07) is 12.1. The van der Waals surface area contributed by atoms with Crippen molar-refractivity contribution in [3.63, 3.8) is 0 Å². The predicted molar refractivity (Wildman–Crippen MR) is 98.5 cm³/mol. The van der Waals surface area contributed by atoms with E-state index < -0.39 is 0 Å². The van der Waals surface area contributed by atoms with Gasteiger partial charge in [0.05, 0.1) is 18.5 Å². The van der Waals surface area contributed by atoms with Crippen LogP contribution in [0.2, 0.25) is 0 Å². The Hall–Kier alpha value is -1.98. The summed E-state index contributed by atoms with van der Waals surface area (Å²) in [6.07, 6.45) is 2.58. The van der Waals surface area contributed by atoms with Gasteiger partial charge in [-0.05, 0) is 24.5 Å². The zero-order valence-electron chi connectivity index (χ0n) is 13.8. The molecule has 5 heteroatoms. The number of nitrogens with zero attached hydrogens (tertiary/aromatic N) is 1. The lowest BCUT2D eigenvalue weighted by Gasteiger charge is -2.27. The van der Waals surface area contributed by atoms with E-state index in [1.165, 1.54) is 30.8 Å². The Morgan fingerprint density at radius 2 is 2.17 bits per heavy atom. The van der Waals surface area contributed by atoms with E-state index in [1.54, 1.807) is 11.3 Å². The second-order valence-corrected chi connectivity index (χ2v) is 7.87. The zero-order chi connectivity index (χ0) is 16.5. The van der Waals surface area contributed by atoms with Gasteiger partial charge in [0.1, 0.15) is 11.4 Å². The summed E-state index contributed by atoms with van der Waals surface area (Å²) in [5.41, 5.74) is 1.12. The first-order valence-corrected chi connectivity index (χ1v) is 9.42. The summed E-state index contributed by atoms with van der Waals surface area (Å²) in [5, 5.41) is 0.699. The normalized spacial score (nSPS) is 21.2. The van der Waals surface area contributed by atoms with Gasteiger partial charge >= 0.3 is 0 Å². The van der Waals surface area contributed by atoms with Crippen LogP contribution >= 0.6 is 11.3 Å². The smallest absolute Gasteiger partial charge is 0.259 e. The van der Waals surface area contributed by atoms with Gasteiger partial charge < -0.3 is 9.88 Å². The molecular weight excluding hydrogens is 318 g/mol. The van der Waals surface area contributed by atoms with Crippen LogP contribution in [0.3, 0.4) is 0 Å². The van der Waals surface area contributed by atoms with Gasteiger partial charge in [0.15, 0.2) is 5.82 Å². The molecule has 4 rings (SSSR count). The van der Waals surface area contributed by atoms with Crippen molar-refractivity contribution < 1.29 is 4.90 Å². The highest BCUT2D eigenvalue weighted by atomic mass is 32.1. The van der Waals surface area contributed by atoms with Crippen LogP contribution in [-0.2, 0) is 6.54 Å². The number of likely N-dealkylation sites (tertiary alicyclic amines) is 1. The van der Waals surface area contributed by atoms with Gasteiger partial charge in [0.2, 0.25) is 0 Å². The maximum Gasteiger partial charge on any atom is 0.259 e. The molecule has 1 aromatic carbocycles. The summed E-state index contributed by atoms with van der Waals surface area (Å²) in [4.78, 5) is 23.7. The molecule has 0 spiro atoms. The monoisotopic (exact) mass is 340 g/mol. The molecule has 3 aromatic rings. The van der Waals surface area contributed by atoms with Gasteiger partial charge in [0, 0.05) is 10.8 Å². The second kappa shape index (κ2) is 6.49. The number of fused-ring (bicyclic) bond motifs is 1. The maximum absolute atomic E-state index is 12.5. The number of benzene rings is 1. The molecule has 1 unspecified atom stereocenters. The lowest BCUT2D eigenvalue weighted by Crippen LogP contribution is -3.12. The van der Waals surface area contributed by atoms with Gasteiger partial charge in [-0.1, -0.05) is 37.3 Å². The van der Waals surface area contributed by atoms with E-state index in [9.17, 15) is 4.79 Å². The molecule has 1 aliphatic heterocycles. The molecular formula is C19H22N3OS+. The third-order valence-electron chi connectivity index (χ3n) is 4.79. The summed E-state index contributed by atoms with van der Waals surface area (Å²) < 4.78 is 0. The van der Waals surface area contributed by atoms with Gasteiger partial charge in [-0.25, -0.2) is 4.98 Å². The molecule has 1 aliphatic rings. The van der Waals surface area contributed by atoms with Crippen molar-refractivity contribution in [2.75, 3.05) is 13.1 Å². The highest BCUT2D eigenvalue weighted by molar-refractivity contribution is 7.21. The fourth-order valence-corrected chi connectivity index (χ4v) is 4.66. The molecule has 2 atom stereocenters. The van der Waals surface area contributed by atoms with Crippen LogP contribution in [0.25, 0.3) is 20.7 Å².